The van der Waals surface area contributed by atoms with Crippen molar-refractivity contribution in [2.75, 3.05) is 181 Å². The Hall–Kier alpha value is -14.1. The minimum absolute atomic E-state index is 0.0353. The molecular formula is C77H87ClF2N34O5. The molecule has 1 amide bonds. The molecule has 4 fully saturated rings. The van der Waals surface area contributed by atoms with Gasteiger partial charge in [-0.05, 0) is 127 Å². The molecule has 4 aliphatic heterocycles. The molecule has 12 heterocycles. The van der Waals surface area contributed by atoms with E-state index in [2.05, 4.69) is 139 Å². The van der Waals surface area contributed by atoms with Gasteiger partial charge >= 0.3 is 0 Å². The first-order chi connectivity index (χ1) is 58.0. The first kappa shape index (κ1) is 81.4. The molecule has 13 aromatic rings. The number of anilines is 18. The van der Waals surface area contributed by atoms with Crippen LogP contribution in [0.1, 0.15) is 24.2 Å². The Morgan fingerprint density at radius 3 is 1.36 bits per heavy atom. The van der Waals surface area contributed by atoms with Gasteiger partial charge in [0.15, 0.2) is 23.3 Å². The number of nitrogens with one attached hydrogen (secondary N) is 7. The summed E-state index contributed by atoms with van der Waals surface area (Å²) in [6.45, 7) is 15.8. The minimum Gasteiger partial charge on any atom is -0.394 e. The fourth-order valence-corrected chi connectivity index (χ4v) is 12.6. The Kier molecular flexibility index (Phi) is 26.7. The molecule has 5 aromatic carbocycles. The quantitative estimate of drug-likeness (QED) is 0.0308. The second-order valence-corrected chi connectivity index (χ2v) is 27.6. The highest BCUT2D eigenvalue weighted by atomic mass is 35.5. The number of aliphatic hydroxyl groups excluding tert-OH is 1. The van der Waals surface area contributed by atoms with E-state index in [0.717, 1.165) is 107 Å². The minimum atomic E-state index is -0.425. The molecule has 0 saturated carbocycles. The molecule has 4 aliphatic rings. The van der Waals surface area contributed by atoms with E-state index in [1.54, 1.807) is 73.1 Å². The zero-order valence-electron chi connectivity index (χ0n) is 64.7. The van der Waals surface area contributed by atoms with Gasteiger partial charge in [0.1, 0.15) is 42.3 Å². The largest absolute Gasteiger partial charge is 0.394 e. The van der Waals surface area contributed by atoms with Crippen molar-refractivity contribution in [2.24, 2.45) is 5.92 Å². The summed E-state index contributed by atoms with van der Waals surface area (Å²) in [6.07, 6.45) is 7.48. The summed E-state index contributed by atoms with van der Waals surface area (Å²) in [4.78, 5) is 66.6. The number of carbonyl (C=O) groups excluding carboxylic acids is 1. The number of hydrogen-bond donors (Lipinski definition) is 12. The Balaban J connectivity index is 0.000000131. The van der Waals surface area contributed by atoms with Crippen LogP contribution < -0.4 is 74.9 Å². The van der Waals surface area contributed by atoms with Crippen molar-refractivity contribution in [3.8, 4) is 23.3 Å². The van der Waals surface area contributed by atoms with Gasteiger partial charge in [0, 0.05) is 141 Å². The number of amides is 1. The molecule has 0 aliphatic carbocycles. The predicted molar refractivity (Wildman–Crippen MR) is 448 cm³/mol. The molecular weight excluding hydrogens is 1550 g/mol. The fourth-order valence-electron chi connectivity index (χ4n) is 12.5. The summed E-state index contributed by atoms with van der Waals surface area (Å²) < 4.78 is 51.2. The molecule has 0 radical (unpaired) electrons. The van der Waals surface area contributed by atoms with Gasteiger partial charge in [-0.2, -0.15) is 38.7 Å². The molecule has 0 bridgehead atoms. The molecule has 616 valence electrons. The van der Waals surface area contributed by atoms with Gasteiger partial charge in [-0.3, -0.25) is 4.79 Å². The summed E-state index contributed by atoms with van der Waals surface area (Å²) in [5, 5.41) is 49.1. The topological polar surface area (TPSA) is 479 Å². The van der Waals surface area contributed by atoms with E-state index in [0.29, 0.717) is 83.8 Å². The van der Waals surface area contributed by atoms with Gasteiger partial charge in [-0.1, -0.05) is 31.5 Å². The summed E-state index contributed by atoms with van der Waals surface area (Å²) in [5.74, 6) is 4.09. The van der Waals surface area contributed by atoms with Crippen LogP contribution in [0.4, 0.5) is 114 Å². The van der Waals surface area contributed by atoms with E-state index in [1.807, 2.05) is 79.4 Å². The third-order valence-electron chi connectivity index (χ3n) is 18.8. The smallest absolute Gasteiger partial charge is 0.253 e. The maximum absolute atomic E-state index is 14.8. The van der Waals surface area contributed by atoms with Gasteiger partial charge in [-0.25, -0.2) is 43.7 Å². The number of nitrogen functional groups attached to an aromatic ring is 4. The first-order valence-corrected chi connectivity index (χ1v) is 38.4. The zero-order chi connectivity index (χ0) is 82.6. The number of nitrogens with zero attached hydrogens (tertiary/aromatic N) is 23. The molecule has 17 rings (SSSR count). The van der Waals surface area contributed by atoms with E-state index >= 15 is 0 Å². The lowest BCUT2D eigenvalue weighted by molar-refractivity contribution is 0.0735. The Morgan fingerprint density at radius 2 is 0.899 bits per heavy atom. The molecule has 4 saturated heterocycles. The average Bonchev–Trinajstić information content (AvgIpc) is 1.69. The highest BCUT2D eigenvalue weighted by Gasteiger charge is 2.23. The van der Waals surface area contributed by atoms with E-state index in [9.17, 15) is 18.7 Å². The number of aliphatic hydroxyl groups is 1. The predicted octanol–water partition coefficient (Wildman–Crippen LogP) is 7.80. The Labute approximate surface area is 685 Å². The molecule has 0 unspecified atom stereocenters. The van der Waals surface area contributed by atoms with E-state index in [1.165, 1.54) is 55.5 Å². The monoisotopic (exact) mass is 1640 g/mol. The second-order valence-electron chi connectivity index (χ2n) is 27.2. The summed E-state index contributed by atoms with van der Waals surface area (Å²) >= 11 is 5.93. The van der Waals surface area contributed by atoms with Crippen LogP contribution in [0.25, 0.3) is 23.3 Å². The summed E-state index contributed by atoms with van der Waals surface area (Å²) in [5.41, 5.74) is 30.3. The maximum Gasteiger partial charge on any atom is 0.253 e. The number of carbonyl (C=O) groups is 1. The molecule has 0 spiro atoms. The van der Waals surface area contributed by atoms with Crippen molar-refractivity contribution in [1.82, 2.24) is 104 Å². The SMILES string of the molecule is CC(C)[C@@H](CO)Nc1cc(-n2nc(Nc3ccc(N4CCOCC4)cc3F)nc2N)ncn1.Nc1nc(Nc2ccc(C(=O)N3CCNCC3)cc2)nn1-c1ccccn1.Nc1nc(Nc2ccc(N3CCOCC3)cc2)nn1-c1ccncn1.Nc1nc(Nc2ccc(N3CCOCC3)cc2F)nn1-c1cc(Nc2ccc(Cl)cc2)ncn1. The molecule has 16 N–H and O–H groups in total. The Bertz CT molecular complexity index is 5460. The average molecular weight is 1640 g/mol. The van der Waals surface area contributed by atoms with Gasteiger partial charge in [0.25, 0.3) is 5.91 Å². The number of halogens is 3. The number of benzene rings is 5. The van der Waals surface area contributed by atoms with Gasteiger partial charge < -0.3 is 99.1 Å². The number of pyridine rings is 1. The second kappa shape index (κ2) is 39.0. The maximum atomic E-state index is 14.8. The highest BCUT2D eigenvalue weighted by Crippen LogP contribution is 2.30. The normalized spacial score (nSPS) is 14.3. The van der Waals surface area contributed by atoms with Crippen molar-refractivity contribution in [3.05, 3.63) is 199 Å². The summed E-state index contributed by atoms with van der Waals surface area (Å²) in [7, 11) is 0. The van der Waals surface area contributed by atoms with Crippen LogP contribution in [0, 0.1) is 17.6 Å². The number of ether oxygens (including phenoxy) is 3. The highest BCUT2D eigenvalue weighted by molar-refractivity contribution is 6.30. The molecule has 39 nitrogen and oxygen atoms in total. The van der Waals surface area contributed by atoms with Crippen LogP contribution in [0.15, 0.2) is 177 Å². The third-order valence-corrected chi connectivity index (χ3v) is 19.1. The Morgan fingerprint density at radius 1 is 0.471 bits per heavy atom. The number of piperazine rings is 1. The van der Waals surface area contributed by atoms with E-state index in [4.69, 9.17) is 48.7 Å². The first-order valence-electron chi connectivity index (χ1n) is 38.0. The number of morpholine rings is 3. The van der Waals surface area contributed by atoms with Gasteiger partial charge in [0.2, 0.25) is 47.6 Å². The lowest BCUT2D eigenvalue weighted by Crippen LogP contribution is -2.46. The number of hydrogen-bond acceptors (Lipinski definition) is 34. The number of nitrogens with two attached hydrogens (primary N) is 4. The zero-order valence-corrected chi connectivity index (χ0v) is 65.5. The number of rotatable bonds is 22. The van der Waals surface area contributed by atoms with E-state index < -0.39 is 11.6 Å². The van der Waals surface area contributed by atoms with Crippen LogP contribution in [-0.4, -0.2) is 228 Å². The third kappa shape index (κ3) is 21.5. The van der Waals surface area contributed by atoms with Crippen LogP contribution >= 0.6 is 11.6 Å². The molecule has 8 aromatic heterocycles. The van der Waals surface area contributed by atoms with Crippen molar-refractivity contribution < 1.29 is 32.9 Å². The van der Waals surface area contributed by atoms with Crippen LogP contribution in [0.5, 0.6) is 0 Å². The molecule has 119 heavy (non-hydrogen) atoms. The van der Waals surface area contributed by atoms with Crippen LogP contribution in [0.3, 0.4) is 0 Å². The fraction of sp³-hybridized carbons (Fsp3) is 0.273. The van der Waals surface area contributed by atoms with Crippen molar-refractivity contribution in [1.29, 1.82) is 0 Å². The van der Waals surface area contributed by atoms with Crippen LogP contribution in [0.2, 0.25) is 5.02 Å². The van der Waals surface area contributed by atoms with Crippen molar-refractivity contribution in [2.45, 2.75) is 19.9 Å². The van der Waals surface area contributed by atoms with Crippen LogP contribution in [-0.2, 0) is 14.2 Å². The van der Waals surface area contributed by atoms with Gasteiger partial charge in [0.05, 0.1) is 63.7 Å². The standard InChI is InChI=1S/C22H21ClFN9O.C21H28FN9O2.C18H20N8O.C16H18N8O/c23-14-1-3-15(4-2-14)28-19-12-20(27-13-26-19)33-21(25)30-22(31-33)29-18-6-5-16(11-17(18)24)32-7-9-34-10-8-32;1-13(2)17(11-32)26-18-10-19(25-12-24-18)31-20(23)28-21(29-31)27-16-4-3-14(9-15(16)22)30-5-7-33-8-6-30;19-17-23-18(24-26(17)15-3-1-2-8-21-15)22-14-6-4-13(5-7-14)16(27)25-11-9-20-10-12-25;17-15-21-16(22-24(15)14-5-6-18-11-19-14)20-12-1-3-13(4-2-12)23-7-9-25-10-8-23/h1-6,11-13H,7-10H2,(H,26,27,28)(H3,25,29,30,31);3-4,9-10,12-13,17,32H,5-8,11H2,1-2H3,(H,24,25,26)(H3,23,27,28,29);1-8,20H,9-12H2,(H3,19,22,23,24);1-6,11H,7-10H2,(H3,17,20,21,22)/t;17-;;/m.1../s1. The molecule has 1 atom stereocenters. The lowest BCUT2D eigenvalue weighted by atomic mass is 10.1. The number of aromatic nitrogens is 19. The lowest BCUT2D eigenvalue weighted by Gasteiger charge is -2.29. The van der Waals surface area contributed by atoms with Crippen molar-refractivity contribution >= 4 is 122 Å². The van der Waals surface area contributed by atoms with Gasteiger partial charge in [-0.15, -0.1) is 20.4 Å². The molecule has 42 heteroatoms. The van der Waals surface area contributed by atoms with Crippen molar-refractivity contribution in [3.63, 3.8) is 0 Å². The van der Waals surface area contributed by atoms with E-state index in [-0.39, 0.29) is 71.5 Å². The summed E-state index contributed by atoms with van der Waals surface area (Å²) in [6, 6.07) is 42.8.